The van der Waals surface area contributed by atoms with Crippen molar-refractivity contribution in [1.82, 2.24) is 5.43 Å². The number of nitrogens with one attached hydrogen (secondary N) is 1. The van der Waals surface area contributed by atoms with Gasteiger partial charge < -0.3 is 14.9 Å². The van der Waals surface area contributed by atoms with Crippen LogP contribution in [0.5, 0.6) is 17.2 Å². The average Bonchev–Trinajstić information content (AvgIpc) is 2.53. The maximum Gasteiger partial charge on any atom is 0.271 e. The van der Waals surface area contributed by atoms with E-state index in [1.54, 1.807) is 12.1 Å². The van der Waals surface area contributed by atoms with E-state index in [4.69, 9.17) is 4.74 Å². The topological polar surface area (TPSA) is 91.2 Å². The molecular formula is C16H15BrN2O4. The fourth-order valence-electron chi connectivity index (χ4n) is 1.78. The Labute approximate surface area is 141 Å². The fraction of sp³-hybridized carbons (Fsp3) is 0.125. The summed E-state index contributed by atoms with van der Waals surface area (Å²) in [5.74, 6) is 0.0249. The van der Waals surface area contributed by atoms with E-state index in [-0.39, 0.29) is 11.5 Å². The highest BCUT2D eigenvalue weighted by molar-refractivity contribution is 9.10. The van der Waals surface area contributed by atoms with Gasteiger partial charge in [0.25, 0.3) is 5.91 Å². The van der Waals surface area contributed by atoms with Gasteiger partial charge in [0.2, 0.25) is 0 Å². The van der Waals surface area contributed by atoms with Crippen LogP contribution in [0.3, 0.4) is 0 Å². The van der Waals surface area contributed by atoms with Crippen molar-refractivity contribution >= 4 is 28.1 Å². The first-order chi connectivity index (χ1) is 11.0. The SMILES string of the molecule is CCOc1cc(/C=N/NC(=O)c2ccc(O)cc2)cc(Br)c1O. The molecule has 0 aromatic heterocycles. The monoisotopic (exact) mass is 378 g/mol. The predicted molar refractivity (Wildman–Crippen MR) is 90.1 cm³/mol. The minimum absolute atomic E-state index is 0.0112. The highest BCUT2D eigenvalue weighted by Gasteiger charge is 2.08. The van der Waals surface area contributed by atoms with Crippen LogP contribution in [0.4, 0.5) is 0 Å². The van der Waals surface area contributed by atoms with Crippen molar-refractivity contribution in [3.63, 3.8) is 0 Å². The molecule has 2 aromatic rings. The van der Waals surface area contributed by atoms with E-state index in [1.807, 2.05) is 6.92 Å². The van der Waals surface area contributed by atoms with E-state index in [1.165, 1.54) is 30.5 Å². The van der Waals surface area contributed by atoms with Gasteiger partial charge in [0.05, 0.1) is 17.3 Å². The lowest BCUT2D eigenvalue weighted by molar-refractivity contribution is 0.0955. The molecule has 2 rings (SSSR count). The maximum absolute atomic E-state index is 11.9. The summed E-state index contributed by atoms with van der Waals surface area (Å²) < 4.78 is 5.78. The standard InChI is InChI=1S/C16H15BrN2O4/c1-2-23-14-8-10(7-13(17)15(14)21)9-18-19-16(22)11-3-5-12(20)6-4-11/h3-9,20-21H,2H2,1H3,(H,19,22)/b18-9+. The molecule has 120 valence electrons. The third-order valence-electron chi connectivity index (χ3n) is 2.86. The molecule has 1 amide bonds. The van der Waals surface area contributed by atoms with Gasteiger partial charge >= 0.3 is 0 Å². The zero-order valence-electron chi connectivity index (χ0n) is 12.3. The second-order valence-electron chi connectivity index (χ2n) is 4.53. The molecule has 23 heavy (non-hydrogen) atoms. The number of halogens is 1. The summed E-state index contributed by atoms with van der Waals surface area (Å²) >= 11 is 3.23. The largest absolute Gasteiger partial charge is 0.508 e. The quantitative estimate of drug-likeness (QED) is 0.550. The summed E-state index contributed by atoms with van der Waals surface area (Å²) in [6, 6.07) is 9.08. The lowest BCUT2D eigenvalue weighted by Crippen LogP contribution is -2.17. The number of ether oxygens (including phenoxy) is 1. The van der Waals surface area contributed by atoms with Gasteiger partial charge in [-0.2, -0.15) is 5.10 Å². The Bertz CT molecular complexity index is 730. The Balaban J connectivity index is 2.08. The minimum Gasteiger partial charge on any atom is -0.508 e. The summed E-state index contributed by atoms with van der Waals surface area (Å²) in [4.78, 5) is 11.9. The fourth-order valence-corrected chi connectivity index (χ4v) is 2.24. The van der Waals surface area contributed by atoms with Crippen molar-refractivity contribution in [3.8, 4) is 17.2 Å². The summed E-state index contributed by atoms with van der Waals surface area (Å²) in [5.41, 5.74) is 3.40. The molecule has 0 saturated carbocycles. The maximum atomic E-state index is 11.9. The summed E-state index contributed by atoms with van der Waals surface area (Å²) in [7, 11) is 0. The van der Waals surface area contributed by atoms with Crippen LogP contribution in [0, 0.1) is 0 Å². The normalized spacial score (nSPS) is 10.7. The third kappa shape index (κ3) is 4.46. The molecule has 0 atom stereocenters. The number of hydrogen-bond donors (Lipinski definition) is 3. The number of rotatable bonds is 5. The van der Waals surface area contributed by atoms with Crippen molar-refractivity contribution in [2.75, 3.05) is 6.61 Å². The number of carbonyl (C=O) groups excluding carboxylic acids is 1. The van der Waals surface area contributed by atoms with Crippen molar-refractivity contribution in [1.29, 1.82) is 0 Å². The lowest BCUT2D eigenvalue weighted by atomic mass is 10.2. The van der Waals surface area contributed by atoms with Gasteiger partial charge in [-0.25, -0.2) is 5.43 Å². The molecule has 7 heteroatoms. The number of hydrazone groups is 1. The molecule has 0 radical (unpaired) electrons. The van der Waals surface area contributed by atoms with Crippen LogP contribution < -0.4 is 10.2 Å². The number of aromatic hydroxyl groups is 2. The first-order valence-electron chi connectivity index (χ1n) is 6.79. The number of benzene rings is 2. The van der Waals surface area contributed by atoms with Crippen LogP contribution in [0.1, 0.15) is 22.8 Å². The number of phenols is 2. The molecule has 0 aliphatic rings. The highest BCUT2D eigenvalue weighted by atomic mass is 79.9. The van der Waals surface area contributed by atoms with E-state index in [9.17, 15) is 15.0 Å². The Hall–Kier alpha value is -2.54. The Morgan fingerprint density at radius 3 is 2.65 bits per heavy atom. The van der Waals surface area contributed by atoms with Gasteiger partial charge in [-0.1, -0.05) is 0 Å². The first-order valence-corrected chi connectivity index (χ1v) is 7.58. The molecule has 3 N–H and O–H groups in total. The number of phenolic OH excluding ortho intramolecular Hbond substituents is 2. The van der Waals surface area contributed by atoms with Crippen molar-refractivity contribution < 1.29 is 19.7 Å². The van der Waals surface area contributed by atoms with E-state index in [0.29, 0.717) is 28.0 Å². The van der Waals surface area contributed by atoms with Gasteiger partial charge in [-0.15, -0.1) is 0 Å². The number of amides is 1. The molecule has 0 saturated heterocycles. The van der Waals surface area contributed by atoms with Crippen LogP contribution in [0.15, 0.2) is 46.0 Å². The van der Waals surface area contributed by atoms with Gasteiger partial charge in [0.15, 0.2) is 11.5 Å². The third-order valence-corrected chi connectivity index (χ3v) is 3.46. The van der Waals surface area contributed by atoms with E-state index in [2.05, 4.69) is 26.5 Å². The van der Waals surface area contributed by atoms with Gasteiger partial charge in [-0.3, -0.25) is 4.79 Å². The smallest absolute Gasteiger partial charge is 0.271 e. The highest BCUT2D eigenvalue weighted by Crippen LogP contribution is 2.34. The molecule has 0 spiro atoms. The Morgan fingerprint density at radius 2 is 2.00 bits per heavy atom. The molecule has 0 aliphatic heterocycles. The Morgan fingerprint density at radius 1 is 1.30 bits per heavy atom. The van der Waals surface area contributed by atoms with Crippen molar-refractivity contribution in [2.24, 2.45) is 5.10 Å². The molecule has 0 aliphatic carbocycles. The van der Waals surface area contributed by atoms with E-state index >= 15 is 0 Å². The summed E-state index contributed by atoms with van der Waals surface area (Å²) in [5, 5.41) is 22.9. The number of carbonyl (C=O) groups is 1. The second-order valence-corrected chi connectivity index (χ2v) is 5.38. The molecule has 0 heterocycles. The molecule has 0 unspecified atom stereocenters. The lowest BCUT2D eigenvalue weighted by Gasteiger charge is -2.08. The molecular weight excluding hydrogens is 364 g/mol. The van der Waals surface area contributed by atoms with Gasteiger partial charge in [0.1, 0.15) is 5.75 Å². The summed E-state index contributed by atoms with van der Waals surface area (Å²) in [6.45, 7) is 2.23. The zero-order chi connectivity index (χ0) is 16.8. The van der Waals surface area contributed by atoms with Gasteiger partial charge in [-0.05, 0) is 64.8 Å². The van der Waals surface area contributed by atoms with E-state index < -0.39 is 5.91 Å². The molecule has 0 bridgehead atoms. The zero-order valence-corrected chi connectivity index (χ0v) is 13.9. The molecule has 6 nitrogen and oxygen atoms in total. The molecule has 0 fully saturated rings. The van der Waals surface area contributed by atoms with Crippen molar-refractivity contribution in [3.05, 3.63) is 52.0 Å². The summed E-state index contributed by atoms with van der Waals surface area (Å²) in [6.07, 6.45) is 1.44. The molecule has 2 aromatic carbocycles. The Kier molecular flexibility index (Phi) is 5.59. The second kappa shape index (κ2) is 7.64. The van der Waals surface area contributed by atoms with Crippen LogP contribution in [-0.4, -0.2) is 28.9 Å². The number of hydrogen-bond acceptors (Lipinski definition) is 5. The number of nitrogens with zero attached hydrogens (tertiary/aromatic N) is 1. The van der Waals surface area contributed by atoms with Crippen LogP contribution in [0.2, 0.25) is 0 Å². The predicted octanol–water partition coefficient (Wildman–Crippen LogP) is 3.02. The van der Waals surface area contributed by atoms with Gasteiger partial charge in [0, 0.05) is 5.56 Å². The van der Waals surface area contributed by atoms with Crippen molar-refractivity contribution in [2.45, 2.75) is 6.92 Å². The minimum atomic E-state index is -0.399. The van der Waals surface area contributed by atoms with Crippen LogP contribution in [-0.2, 0) is 0 Å². The first kappa shape index (κ1) is 16.8. The van der Waals surface area contributed by atoms with Crippen LogP contribution in [0.25, 0.3) is 0 Å². The van der Waals surface area contributed by atoms with Crippen LogP contribution >= 0.6 is 15.9 Å². The van der Waals surface area contributed by atoms with E-state index in [0.717, 1.165) is 0 Å². The average molecular weight is 379 g/mol.